The van der Waals surface area contributed by atoms with Gasteiger partial charge in [0, 0.05) is 14.2 Å². The van der Waals surface area contributed by atoms with E-state index in [9.17, 15) is 14.4 Å². The van der Waals surface area contributed by atoms with Gasteiger partial charge in [-0.15, -0.1) is 0 Å². The van der Waals surface area contributed by atoms with Crippen molar-refractivity contribution in [3.8, 4) is 0 Å². The van der Waals surface area contributed by atoms with Crippen molar-refractivity contribution in [1.82, 2.24) is 10.6 Å². The molecule has 0 rings (SSSR count). The van der Waals surface area contributed by atoms with Crippen LogP contribution in [0.2, 0.25) is 31.4 Å². The van der Waals surface area contributed by atoms with Gasteiger partial charge in [-0.25, -0.2) is 0 Å². The monoisotopic (exact) mass is 1220 g/mol. The Morgan fingerprint density at radius 3 is 1.94 bits per heavy atom. The van der Waals surface area contributed by atoms with Crippen LogP contribution in [0.4, 0.5) is 0 Å². The van der Waals surface area contributed by atoms with Gasteiger partial charge in [0.1, 0.15) is 0 Å². The van der Waals surface area contributed by atoms with Crippen LogP contribution in [0.3, 0.4) is 0 Å². The summed E-state index contributed by atoms with van der Waals surface area (Å²) in [6, 6.07) is -0.796. The molecule has 0 aliphatic rings. The van der Waals surface area contributed by atoms with Gasteiger partial charge in [0.25, 0.3) is 0 Å². The number of carbonyl (C=O) groups is 3. The molecule has 0 bridgehead atoms. The zero-order valence-corrected chi connectivity index (χ0v) is 53.7. The van der Waals surface area contributed by atoms with E-state index in [1.807, 2.05) is 43.1 Å². The van der Waals surface area contributed by atoms with Gasteiger partial charge in [0.05, 0.1) is 18.8 Å². The first kappa shape index (κ1) is 68.7. The third-order valence-corrected chi connectivity index (χ3v) is 32.7. The maximum atomic E-state index is 14.0. The van der Waals surface area contributed by atoms with E-state index in [1.165, 1.54) is 57.4 Å². The van der Waals surface area contributed by atoms with Crippen LogP contribution in [0.15, 0.2) is 103 Å². The van der Waals surface area contributed by atoms with E-state index in [-0.39, 0.29) is 47.6 Å². The normalized spacial score (nSPS) is 16.7. The Hall–Kier alpha value is -2.30. The second-order valence-corrected chi connectivity index (χ2v) is 39.8. The van der Waals surface area contributed by atoms with E-state index >= 15 is 0 Å². The molecule has 0 fully saturated rings. The van der Waals surface area contributed by atoms with Crippen LogP contribution >= 0.6 is 22.6 Å². The second kappa shape index (κ2) is 38.3. The van der Waals surface area contributed by atoms with E-state index in [0.29, 0.717) is 18.5 Å². The second-order valence-electron chi connectivity index (χ2n) is 21.3. The van der Waals surface area contributed by atoms with Crippen LogP contribution in [-0.4, -0.2) is 96.7 Å². The summed E-state index contributed by atoms with van der Waals surface area (Å²) >= 11 is -0.416. The molecule has 0 heterocycles. The van der Waals surface area contributed by atoms with Gasteiger partial charge in [0.15, 0.2) is 8.32 Å². The molecule has 0 saturated carbocycles. The van der Waals surface area contributed by atoms with Gasteiger partial charge in [-0.3, -0.25) is 4.79 Å². The van der Waals surface area contributed by atoms with Crippen LogP contribution in [0.1, 0.15) is 148 Å². The number of hydrogen-bond acceptors (Lipinski definition) is 7. The van der Waals surface area contributed by atoms with E-state index < -0.39 is 38.8 Å². The number of hydrogen-bond donors (Lipinski definition) is 2. The molecule has 0 aliphatic heterocycles. The third-order valence-electron chi connectivity index (χ3n) is 13.7. The summed E-state index contributed by atoms with van der Waals surface area (Å²) in [5.41, 5.74) is 4.71. The number of amides is 2. The molecule has 0 aromatic carbocycles. The van der Waals surface area contributed by atoms with Crippen LogP contribution < -0.4 is 10.6 Å². The van der Waals surface area contributed by atoms with Crippen molar-refractivity contribution in [2.45, 2.75) is 204 Å². The maximum absolute atomic E-state index is 14.0. The molecule has 71 heavy (non-hydrogen) atoms. The standard InChI is InChI=1S/C47H74IN2O7Si.3C4H9.Sn/c1-16-38(6)44(39(7)26-25-37(5)31-49-45(52)43(50-33-51)32-56-58(14,15)47(9,10)11)57-46(53)40(8)29-35(3)23-24-36(4)30-42(55-13)22-18-20-34(2)19-17-21-41(54-12)27-28-48;3*1-3-4-2;/h1,16,18-20,23-30,33,35,38,41-44H,17,21-22,31-32H2,2-15H3,(H,49,52)(H,50,51);3*1,3-4H2,2H3;/b16-1?,20-18+,24-23+,28-27+,34-19-,36-30+,37-25+,39-26+,40-29+;;;;/t35-,38+,41+,42+,43+,44+;;;;/m1..../s1. The van der Waals surface area contributed by atoms with Crippen molar-refractivity contribution >= 4 is 67.6 Å². The number of halogens is 1. The van der Waals surface area contributed by atoms with Gasteiger partial charge in [-0.1, -0.05) is 73.2 Å². The number of methoxy groups -OCH3 is 2. The molecule has 0 aromatic heterocycles. The average Bonchev–Trinajstić information content (AvgIpc) is 3.32. The summed E-state index contributed by atoms with van der Waals surface area (Å²) in [5, 5.41) is 5.59. The molecule has 9 nitrogen and oxygen atoms in total. The molecular weight excluding hydrogens is 1120 g/mol. The van der Waals surface area contributed by atoms with Crippen LogP contribution in [-0.2, 0) is 33.0 Å². The summed E-state index contributed by atoms with van der Waals surface area (Å²) in [5.74, 6) is -0.686. The van der Waals surface area contributed by atoms with E-state index in [2.05, 4.69) is 168 Å². The van der Waals surface area contributed by atoms with Crippen LogP contribution in [0, 0.1) is 11.8 Å². The SMILES string of the molecule is CCC[CH2][Sn](/[CH]=C/[C@H](C)[C@H](OC(=O)/C(C)=C/[C@H](C)/C=C/C(C)=C/[C@H](C/C=C/C(C)=C\CC[C@@H](/C=C/I)OC)OC)/C(C)=C/C=C(\C)CNC(=O)[C@H](CO[Si](C)(C)C(C)(C)C)NC=O)([CH2]CCC)[CH2]CCC. The summed E-state index contributed by atoms with van der Waals surface area (Å²) in [7, 11) is 1.35. The predicted molar refractivity (Wildman–Crippen MR) is 317 cm³/mol. The topological polar surface area (TPSA) is 112 Å². The summed E-state index contributed by atoms with van der Waals surface area (Å²) in [6.45, 7) is 32.2. The van der Waals surface area contributed by atoms with Crippen molar-refractivity contribution in [3.05, 3.63) is 103 Å². The van der Waals surface area contributed by atoms with Crippen molar-refractivity contribution in [2.75, 3.05) is 27.4 Å². The first-order valence-electron chi connectivity index (χ1n) is 26.5. The third kappa shape index (κ3) is 30.0. The molecule has 0 spiro atoms. The number of allylic oxidation sites excluding steroid dienone is 9. The molecule has 0 radical (unpaired) electrons. The average molecular weight is 1220 g/mol. The Balaban J connectivity index is 6.50. The fourth-order valence-corrected chi connectivity index (χ4v) is 23.9. The number of nitrogens with one attached hydrogen (secondary N) is 2. The minimum absolute atomic E-state index is 0.0109. The molecule has 0 saturated heterocycles. The quantitative estimate of drug-likeness (QED) is 0.0159. The Bertz CT molecular complexity index is 1820. The number of esters is 1. The summed E-state index contributed by atoms with van der Waals surface area (Å²) in [6.07, 6.45) is 33.6. The fourth-order valence-electron chi connectivity index (χ4n) is 7.77. The summed E-state index contributed by atoms with van der Waals surface area (Å²) < 4.78 is 32.8. The van der Waals surface area contributed by atoms with Gasteiger partial charge >= 0.3 is 250 Å². The first-order valence-corrected chi connectivity index (χ1v) is 38.4. The van der Waals surface area contributed by atoms with Crippen LogP contribution in [0.25, 0.3) is 0 Å². The fraction of sp³-hybridized carbons (Fsp3) is 0.644. The number of ether oxygens (including phenoxy) is 3. The van der Waals surface area contributed by atoms with Crippen molar-refractivity contribution < 1.29 is 33.0 Å². The Labute approximate surface area is 453 Å². The van der Waals surface area contributed by atoms with Crippen molar-refractivity contribution in [3.63, 3.8) is 0 Å². The van der Waals surface area contributed by atoms with E-state index in [4.69, 9.17) is 18.6 Å². The molecular formula is C59H101IN2O7SiSn. The Morgan fingerprint density at radius 2 is 1.41 bits per heavy atom. The number of rotatable bonds is 37. The summed E-state index contributed by atoms with van der Waals surface area (Å²) in [4.78, 5) is 38.8. The molecule has 0 unspecified atom stereocenters. The Kier molecular flexibility index (Phi) is 37.0. The molecule has 0 aromatic rings. The molecule has 2 amide bonds. The van der Waals surface area contributed by atoms with Gasteiger partial charge in [-0.2, -0.15) is 0 Å². The molecule has 12 heteroatoms. The predicted octanol–water partition coefficient (Wildman–Crippen LogP) is 15.4. The zero-order chi connectivity index (χ0) is 54.0. The molecule has 6 atom stereocenters. The van der Waals surface area contributed by atoms with Gasteiger partial charge in [0.2, 0.25) is 6.41 Å². The van der Waals surface area contributed by atoms with Gasteiger partial charge in [-0.05, 0) is 61.4 Å². The zero-order valence-electron chi connectivity index (χ0n) is 47.7. The van der Waals surface area contributed by atoms with Crippen molar-refractivity contribution in [1.29, 1.82) is 0 Å². The first-order chi connectivity index (χ1) is 33.5. The Morgan fingerprint density at radius 1 is 0.803 bits per heavy atom. The van der Waals surface area contributed by atoms with E-state index in [1.54, 1.807) is 14.2 Å². The molecule has 2 N–H and O–H groups in total. The molecule has 404 valence electrons. The van der Waals surface area contributed by atoms with Crippen molar-refractivity contribution in [2.24, 2.45) is 11.8 Å². The van der Waals surface area contributed by atoms with Crippen LogP contribution in [0.5, 0.6) is 0 Å². The van der Waals surface area contributed by atoms with Gasteiger partial charge < -0.3 is 19.2 Å². The van der Waals surface area contributed by atoms with E-state index in [0.717, 1.165) is 36.0 Å². The minimum atomic E-state index is -2.64. The number of carbonyl (C=O) groups excluding carboxylic acids is 3. The molecule has 0 aliphatic carbocycles. The number of unbranched alkanes of at least 4 members (excludes halogenated alkanes) is 3.